The number of carbonyl (C=O) groups is 1. The third kappa shape index (κ3) is 2.64. The molecule has 1 saturated carbocycles. The van der Waals surface area contributed by atoms with Crippen LogP contribution in [-0.2, 0) is 9.53 Å². The van der Waals surface area contributed by atoms with Gasteiger partial charge < -0.3 is 20.1 Å². The number of carbonyl (C=O) groups excluding carboxylic acids is 1. The molecule has 0 aromatic rings. The first-order valence-corrected chi connectivity index (χ1v) is 7.17. The topological polar surface area (TPSA) is 61.8 Å². The summed E-state index contributed by atoms with van der Waals surface area (Å²) in [6.07, 6.45) is 1.26. The number of nitrogens with zero attached hydrogens (tertiary/aromatic N) is 1. The Morgan fingerprint density at radius 3 is 2.63 bits per heavy atom. The zero-order valence-corrected chi connectivity index (χ0v) is 12.3. The van der Waals surface area contributed by atoms with Gasteiger partial charge in [0, 0.05) is 31.7 Å². The van der Waals surface area contributed by atoms with Crippen molar-refractivity contribution in [2.45, 2.75) is 57.9 Å². The van der Waals surface area contributed by atoms with Crippen molar-refractivity contribution in [3.8, 4) is 0 Å². The molecule has 0 aromatic carbocycles. The van der Waals surface area contributed by atoms with Gasteiger partial charge in [0.15, 0.2) is 0 Å². The molecule has 1 amide bonds. The Kier molecular flexibility index (Phi) is 4.18. The van der Waals surface area contributed by atoms with Crippen molar-refractivity contribution >= 4 is 5.91 Å². The second-order valence-corrected chi connectivity index (χ2v) is 6.32. The van der Waals surface area contributed by atoms with Gasteiger partial charge in [0.1, 0.15) is 0 Å². The largest absolute Gasteiger partial charge is 0.392 e. The Labute approximate surface area is 115 Å². The molecule has 1 aliphatic heterocycles. The summed E-state index contributed by atoms with van der Waals surface area (Å²) in [7, 11) is 1.86. The highest BCUT2D eigenvalue weighted by Crippen LogP contribution is 2.45. The second-order valence-electron chi connectivity index (χ2n) is 6.32. The molecule has 0 aromatic heterocycles. The number of aliphatic hydroxyl groups is 1. The van der Waals surface area contributed by atoms with Crippen LogP contribution in [0.25, 0.3) is 0 Å². The molecule has 1 aliphatic carbocycles. The fourth-order valence-electron chi connectivity index (χ4n) is 3.31. The van der Waals surface area contributed by atoms with Crippen LogP contribution in [-0.4, -0.2) is 60.4 Å². The number of hydrogen-bond donors (Lipinski definition) is 2. The minimum Gasteiger partial charge on any atom is -0.392 e. The van der Waals surface area contributed by atoms with Gasteiger partial charge in [0.2, 0.25) is 5.91 Å². The predicted molar refractivity (Wildman–Crippen MR) is 72.8 cm³/mol. The SMILES string of the molecule is CCOC1CC(N(C)C(=O)C2CC(O)CN2)C1(C)C. The summed E-state index contributed by atoms with van der Waals surface area (Å²) in [5.74, 6) is 0.0876. The van der Waals surface area contributed by atoms with Crippen molar-refractivity contribution in [2.75, 3.05) is 20.2 Å². The molecule has 19 heavy (non-hydrogen) atoms. The molecule has 4 unspecified atom stereocenters. The van der Waals surface area contributed by atoms with Crippen LogP contribution in [0, 0.1) is 5.41 Å². The Bertz CT molecular complexity index is 346. The van der Waals surface area contributed by atoms with Crippen LogP contribution in [0.4, 0.5) is 0 Å². The molecule has 1 saturated heterocycles. The summed E-state index contributed by atoms with van der Waals surface area (Å²) in [5, 5.41) is 12.6. The maximum absolute atomic E-state index is 12.4. The quantitative estimate of drug-likeness (QED) is 0.775. The Morgan fingerprint density at radius 1 is 1.47 bits per heavy atom. The first-order valence-electron chi connectivity index (χ1n) is 7.17. The summed E-state index contributed by atoms with van der Waals surface area (Å²) >= 11 is 0. The van der Waals surface area contributed by atoms with E-state index < -0.39 is 6.10 Å². The lowest BCUT2D eigenvalue weighted by molar-refractivity contribution is -0.164. The molecule has 2 fully saturated rings. The number of amides is 1. The lowest BCUT2D eigenvalue weighted by Crippen LogP contribution is -2.63. The van der Waals surface area contributed by atoms with Crippen molar-refractivity contribution in [3.05, 3.63) is 0 Å². The minimum atomic E-state index is -0.395. The monoisotopic (exact) mass is 270 g/mol. The molecule has 2 N–H and O–H groups in total. The van der Waals surface area contributed by atoms with Gasteiger partial charge in [0.25, 0.3) is 0 Å². The van der Waals surface area contributed by atoms with Gasteiger partial charge in [-0.15, -0.1) is 0 Å². The van der Waals surface area contributed by atoms with Gasteiger partial charge in [-0.3, -0.25) is 4.79 Å². The van der Waals surface area contributed by atoms with Crippen LogP contribution in [0.1, 0.15) is 33.6 Å². The van der Waals surface area contributed by atoms with Crippen LogP contribution < -0.4 is 5.32 Å². The molecular formula is C14H26N2O3. The van der Waals surface area contributed by atoms with Crippen molar-refractivity contribution in [3.63, 3.8) is 0 Å². The lowest BCUT2D eigenvalue weighted by Gasteiger charge is -2.55. The standard InChI is InChI=1S/C14H26N2O3/c1-5-19-12-7-11(14(12,2)3)16(4)13(18)10-6-9(17)8-15-10/h9-12,15,17H,5-8H2,1-4H3. The summed E-state index contributed by atoms with van der Waals surface area (Å²) in [6.45, 7) is 7.54. The Balaban J connectivity index is 1.94. The number of ether oxygens (including phenoxy) is 1. The first kappa shape index (κ1) is 14.8. The molecule has 0 spiro atoms. The highest BCUT2D eigenvalue weighted by Gasteiger charge is 2.52. The van der Waals surface area contributed by atoms with E-state index in [2.05, 4.69) is 19.2 Å². The fraction of sp³-hybridized carbons (Fsp3) is 0.929. The van der Waals surface area contributed by atoms with Gasteiger partial charge in [-0.25, -0.2) is 0 Å². The number of nitrogens with one attached hydrogen (secondary N) is 1. The molecule has 1 heterocycles. The smallest absolute Gasteiger partial charge is 0.239 e. The summed E-state index contributed by atoms with van der Waals surface area (Å²) in [4.78, 5) is 14.2. The molecule has 0 bridgehead atoms. The average molecular weight is 270 g/mol. The van der Waals surface area contributed by atoms with E-state index in [1.165, 1.54) is 0 Å². The Hall–Kier alpha value is -0.650. The average Bonchev–Trinajstić information content (AvgIpc) is 2.79. The minimum absolute atomic E-state index is 0.00234. The number of hydrogen-bond acceptors (Lipinski definition) is 4. The van der Waals surface area contributed by atoms with Gasteiger partial charge >= 0.3 is 0 Å². The molecular weight excluding hydrogens is 244 g/mol. The summed E-state index contributed by atoms with van der Waals surface area (Å²) < 4.78 is 5.70. The van der Waals surface area contributed by atoms with Crippen LogP contribution in [0.3, 0.4) is 0 Å². The maximum atomic E-state index is 12.4. The van der Waals surface area contributed by atoms with E-state index >= 15 is 0 Å². The fourth-order valence-corrected chi connectivity index (χ4v) is 3.31. The van der Waals surface area contributed by atoms with E-state index in [9.17, 15) is 9.90 Å². The maximum Gasteiger partial charge on any atom is 0.239 e. The Morgan fingerprint density at radius 2 is 2.16 bits per heavy atom. The van der Waals surface area contributed by atoms with E-state index in [4.69, 9.17) is 4.74 Å². The zero-order chi connectivity index (χ0) is 14.2. The molecule has 4 atom stereocenters. The first-order chi connectivity index (χ1) is 8.87. The predicted octanol–water partition coefficient (Wildman–Crippen LogP) is 0.371. The number of β-amino-alcohol motifs (C(OH)–C–C–N with tert-alkyl or cyclic N) is 1. The van der Waals surface area contributed by atoms with E-state index in [1.807, 2.05) is 18.9 Å². The van der Waals surface area contributed by atoms with E-state index in [0.29, 0.717) is 13.0 Å². The van der Waals surface area contributed by atoms with Crippen molar-refractivity contribution in [1.29, 1.82) is 0 Å². The van der Waals surface area contributed by atoms with Gasteiger partial charge in [-0.1, -0.05) is 13.8 Å². The molecule has 2 aliphatic rings. The molecule has 5 nitrogen and oxygen atoms in total. The normalized spacial score (nSPS) is 36.9. The third-order valence-electron chi connectivity index (χ3n) is 4.71. The lowest BCUT2D eigenvalue weighted by atomic mass is 9.63. The van der Waals surface area contributed by atoms with Crippen LogP contribution in [0.5, 0.6) is 0 Å². The van der Waals surface area contributed by atoms with Gasteiger partial charge in [-0.2, -0.15) is 0 Å². The number of rotatable bonds is 4. The highest BCUT2D eigenvalue weighted by atomic mass is 16.5. The van der Waals surface area contributed by atoms with E-state index in [1.54, 1.807) is 0 Å². The van der Waals surface area contributed by atoms with Gasteiger partial charge in [-0.05, 0) is 19.8 Å². The van der Waals surface area contributed by atoms with Crippen molar-refractivity contribution < 1.29 is 14.6 Å². The van der Waals surface area contributed by atoms with Gasteiger partial charge in [0.05, 0.1) is 18.2 Å². The summed E-state index contributed by atoms with van der Waals surface area (Å²) in [6, 6.07) is -0.0157. The number of aliphatic hydroxyl groups excluding tert-OH is 1. The van der Waals surface area contributed by atoms with Crippen LogP contribution in [0.15, 0.2) is 0 Å². The van der Waals surface area contributed by atoms with Crippen LogP contribution in [0.2, 0.25) is 0 Å². The third-order valence-corrected chi connectivity index (χ3v) is 4.71. The van der Waals surface area contributed by atoms with E-state index in [-0.39, 0.29) is 29.5 Å². The molecule has 2 rings (SSSR count). The van der Waals surface area contributed by atoms with Crippen LogP contribution >= 0.6 is 0 Å². The zero-order valence-electron chi connectivity index (χ0n) is 12.3. The van der Waals surface area contributed by atoms with E-state index in [0.717, 1.165) is 13.0 Å². The molecule has 0 radical (unpaired) electrons. The second kappa shape index (κ2) is 5.38. The van der Waals surface area contributed by atoms with Crippen molar-refractivity contribution in [1.82, 2.24) is 10.2 Å². The molecule has 5 heteroatoms. The summed E-state index contributed by atoms with van der Waals surface area (Å²) in [5.41, 5.74) is -0.00234. The molecule has 110 valence electrons. The van der Waals surface area contributed by atoms with Crippen molar-refractivity contribution in [2.24, 2.45) is 5.41 Å². The number of likely N-dealkylation sites (N-methyl/N-ethyl adjacent to an activating group) is 1. The highest BCUT2D eigenvalue weighted by molar-refractivity contribution is 5.82.